The average molecular weight is 257 g/mol. The van der Waals surface area contributed by atoms with Crippen molar-refractivity contribution in [2.45, 2.75) is 19.4 Å². The second-order valence-electron chi connectivity index (χ2n) is 4.70. The number of piperazine rings is 1. The van der Waals surface area contributed by atoms with Crippen LogP contribution in [0.4, 0.5) is 0 Å². The van der Waals surface area contributed by atoms with Crippen LogP contribution in [-0.4, -0.2) is 46.8 Å². The van der Waals surface area contributed by atoms with Crippen LogP contribution in [0.5, 0.6) is 0 Å². The quantitative estimate of drug-likeness (QED) is 0.848. The molecule has 2 rings (SSSR count). The van der Waals surface area contributed by atoms with E-state index in [0.717, 1.165) is 26.2 Å². The zero-order valence-electron chi connectivity index (χ0n) is 10.1. The van der Waals surface area contributed by atoms with Crippen molar-refractivity contribution >= 4 is 17.5 Å². The Morgan fingerprint density at radius 2 is 2.12 bits per heavy atom. The number of nitrogens with zero attached hydrogens (tertiary/aromatic N) is 3. The van der Waals surface area contributed by atoms with Gasteiger partial charge in [-0.3, -0.25) is 9.48 Å². The Labute approximate surface area is 106 Å². The Kier molecular flexibility index (Phi) is 3.40. The summed E-state index contributed by atoms with van der Waals surface area (Å²) in [5.41, 5.74) is -0.690. The van der Waals surface area contributed by atoms with Crippen LogP contribution in [0.25, 0.3) is 0 Å². The molecule has 1 amide bonds. The van der Waals surface area contributed by atoms with Crippen molar-refractivity contribution in [2.24, 2.45) is 0 Å². The molecular weight excluding hydrogens is 240 g/mol. The van der Waals surface area contributed by atoms with Gasteiger partial charge in [-0.15, -0.1) is 0 Å². The highest BCUT2D eigenvalue weighted by molar-refractivity contribution is 6.30. The van der Waals surface area contributed by atoms with Crippen molar-refractivity contribution in [2.75, 3.05) is 26.2 Å². The topological polar surface area (TPSA) is 50.2 Å². The summed E-state index contributed by atoms with van der Waals surface area (Å²) in [6.07, 6.45) is 3.23. The number of carbonyl (C=O) groups is 1. The highest BCUT2D eigenvalue weighted by Crippen LogP contribution is 2.20. The molecule has 1 saturated heterocycles. The van der Waals surface area contributed by atoms with Crippen molar-refractivity contribution in [3.05, 3.63) is 17.4 Å². The summed E-state index contributed by atoms with van der Waals surface area (Å²) in [6.45, 7) is 6.92. The van der Waals surface area contributed by atoms with E-state index in [-0.39, 0.29) is 5.91 Å². The molecule has 6 heteroatoms. The molecule has 0 atom stereocenters. The van der Waals surface area contributed by atoms with Crippen molar-refractivity contribution < 1.29 is 4.79 Å². The van der Waals surface area contributed by atoms with Crippen molar-refractivity contribution in [3.63, 3.8) is 0 Å². The highest BCUT2D eigenvalue weighted by atomic mass is 35.5. The summed E-state index contributed by atoms with van der Waals surface area (Å²) >= 11 is 5.84. The lowest BCUT2D eigenvalue weighted by Crippen LogP contribution is -2.53. The number of halogens is 1. The number of aromatic nitrogens is 2. The number of nitrogens with one attached hydrogen (secondary N) is 1. The molecule has 0 spiro atoms. The number of amides is 1. The highest BCUT2D eigenvalue weighted by Gasteiger charge is 2.34. The van der Waals surface area contributed by atoms with Crippen LogP contribution in [0, 0.1) is 0 Å². The van der Waals surface area contributed by atoms with Gasteiger partial charge in [0.15, 0.2) is 0 Å². The third kappa shape index (κ3) is 2.45. The fourth-order valence-corrected chi connectivity index (χ4v) is 2.10. The molecule has 94 valence electrons. The molecule has 1 aromatic heterocycles. The molecule has 5 nitrogen and oxygen atoms in total. The van der Waals surface area contributed by atoms with Crippen molar-refractivity contribution in [1.82, 2.24) is 20.0 Å². The first-order valence-corrected chi connectivity index (χ1v) is 6.10. The third-order valence-corrected chi connectivity index (χ3v) is 3.25. The van der Waals surface area contributed by atoms with E-state index in [2.05, 4.69) is 10.4 Å². The summed E-state index contributed by atoms with van der Waals surface area (Å²) in [6, 6.07) is 0. The summed E-state index contributed by atoms with van der Waals surface area (Å²) in [5.74, 6) is 0.0822. The van der Waals surface area contributed by atoms with Gasteiger partial charge in [-0.25, -0.2) is 0 Å². The molecule has 0 aromatic carbocycles. The lowest BCUT2D eigenvalue weighted by Gasteiger charge is -2.34. The molecule has 1 aromatic rings. The molecule has 1 fully saturated rings. The Morgan fingerprint density at radius 3 is 2.65 bits per heavy atom. The molecule has 1 aliphatic heterocycles. The predicted octanol–water partition coefficient (Wildman–Crippen LogP) is 0.703. The smallest absolute Gasteiger partial charge is 0.250 e. The third-order valence-electron chi connectivity index (χ3n) is 3.05. The van der Waals surface area contributed by atoms with E-state index >= 15 is 0 Å². The van der Waals surface area contributed by atoms with Crippen LogP contribution < -0.4 is 5.32 Å². The molecule has 0 saturated carbocycles. The molecule has 2 heterocycles. The van der Waals surface area contributed by atoms with Gasteiger partial charge in [0.2, 0.25) is 5.91 Å². The number of hydrogen-bond acceptors (Lipinski definition) is 3. The Hall–Kier alpha value is -1.07. The maximum Gasteiger partial charge on any atom is 0.250 e. The molecule has 0 aliphatic carbocycles. The first-order valence-electron chi connectivity index (χ1n) is 5.72. The van der Waals surface area contributed by atoms with E-state index in [9.17, 15) is 4.79 Å². The van der Waals surface area contributed by atoms with Crippen LogP contribution >= 0.6 is 11.6 Å². The molecular formula is C11H17ClN4O. The minimum atomic E-state index is -0.690. The van der Waals surface area contributed by atoms with Crippen LogP contribution in [0.2, 0.25) is 5.02 Å². The second-order valence-corrected chi connectivity index (χ2v) is 5.14. The summed E-state index contributed by atoms with van der Waals surface area (Å²) in [5, 5.41) is 7.90. The maximum absolute atomic E-state index is 12.4. The van der Waals surface area contributed by atoms with Crippen molar-refractivity contribution in [3.8, 4) is 0 Å². The van der Waals surface area contributed by atoms with Gasteiger partial charge in [0.05, 0.1) is 11.2 Å². The number of rotatable bonds is 2. The molecule has 0 radical (unpaired) electrons. The van der Waals surface area contributed by atoms with E-state index in [0.29, 0.717) is 5.02 Å². The van der Waals surface area contributed by atoms with Crippen LogP contribution in [0.3, 0.4) is 0 Å². The minimum absolute atomic E-state index is 0.0822. The molecule has 0 unspecified atom stereocenters. The summed E-state index contributed by atoms with van der Waals surface area (Å²) < 4.78 is 1.62. The Bertz CT molecular complexity index is 409. The van der Waals surface area contributed by atoms with E-state index in [1.165, 1.54) is 0 Å². The first-order chi connectivity index (χ1) is 8.01. The largest absolute Gasteiger partial charge is 0.338 e. The van der Waals surface area contributed by atoms with E-state index < -0.39 is 5.54 Å². The first kappa shape index (κ1) is 12.4. The van der Waals surface area contributed by atoms with E-state index in [1.54, 1.807) is 17.1 Å². The fraction of sp³-hybridized carbons (Fsp3) is 0.636. The lowest BCUT2D eigenvalue weighted by atomic mass is 10.0. The van der Waals surface area contributed by atoms with Crippen LogP contribution in [-0.2, 0) is 10.3 Å². The van der Waals surface area contributed by atoms with Gasteiger partial charge in [-0.05, 0) is 13.8 Å². The van der Waals surface area contributed by atoms with Crippen LogP contribution in [0.1, 0.15) is 13.8 Å². The van der Waals surface area contributed by atoms with Crippen molar-refractivity contribution in [1.29, 1.82) is 0 Å². The maximum atomic E-state index is 12.4. The standard InChI is InChI=1S/C11H17ClN4O/c1-11(2,16-8-9(12)7-14-16)10(17)15-5-3-13-4-6-15/h7-8,13H,3-6H2,1-2H3. The van der Waals surface area contributed by atoms with Gasteiger partial charge in [-0.2, -0.15) is 5.10 Å². The number of carbonyl (C=O) groups excluding carboxylic acids is 1. The zero-order chi connectivity index (χ0) is 12.5. The normalized spacial score (nSPS) is 17.2. The van der Waals surface area contributed by atoms with Gasteiger partial charge in [0.25, 0.3) is 0 Å². The SMILES string of the molecule is CC(C)(C(=O)N1CCNCC1)n1cc(Cl)cn1. The minimum Gasteiger partial charge on any atom is -0.338 e. The average Bonchev–Trinajstić information content (AvgIpc) is 2.77. The molecule has 1 N–H and O–H groups in total. The van der Waals surface area contributed by atoms with Gasteiger partial charge in [0.1, 0.15) is 5.54 Å². The van der Waals surface area contributed by atoms with Crippen LogP contribution in [0.15, 0.2) is 12.4 Å². The van der Waals surface area contributed by atoms with E-state index in [4.69, 9.17) is 11.6 Å². The summed E-state index contributed by atoms with van der Waals surface area (Å²) in [4.78, 5) is 14.3. The monoisotopic (exact) mass is 256 g/mol. The Morgan fingerprint density at radius 1 is 1.47 bits per heavy atom. The molecule has 17 heavy (non-hydrogen) atoms. The van der Waals surface area contributed by atoms with Gasteiger partial charge < -0.3 is 10.2 Å². The number of hydrogen-bond donors (Lipinski definition) is 1. The Balaban J connectivity index is 2.16. The zero-order valence-corrected chi connectivity index (χ0v) is 10.9. The van der Waals surface area contributed by atoms with Gasteiger partial charge >= 0.3 is 0 Å². The molecule has 1 aliphatic rings. The fourth-order valence-electron chi connectivity index (χ4n) is 1.96. The lowest BCUT2D eigenvalue weighted by molar-refractivity contribution is -0.140. The summed E-state index contributed by atoms with van der Waals surface area (Å²) in [7, 11) is 0. The molecule has 0 bridgehead atoms. The van der Waals surface area contributed by atoms with Gasteiger partial charge in [-0.1, -0.05) is 11.6 Å². The predicted molar refractivity (Wildman–Crippen MR) is 66.0 cm³/mol. The second kappa shape index (κ2) is 4.66. The van der Waals surface area contributed by atoms with E-state index in [1.807, 2.05) is 18.7 Å². The van der Waals surface area contributed by atoms with Gasteiger partial charge in [0, 0.05) is 32.4 Å².